The molecule has 1 aromatic rings. The summed E-state index contributed by atoms with van der Waals surface area (Å²) >= 11 is 6.92. The summed E-state index contributed by atoms with van der Waals surface area (Å²) in [6.07, 6.45) is 0. The number of methoxy groups -OCH3 is 1. The highest BCUT2D eigenvalue weighted by atomic mass is 79.9. The quantitative estimate of drug-likeness (QED) is 0.752. The average molecular weight is 395 g/mol. The molecule has 0 aliphatic heterocycles. The third kappa shape index (κ3) is 4.78. The molecular formula is C13H17Br2NO3. The molecule has 1 aromatic carbocycles. The zero-order valence-electron chi connectivity index (χ0n) is 11.1. The first-order valence-corrected chi connectivity index (χ1v) is 7.50. The van der Waals surface area contributed by atoms with E-state index in [1.807, 2.05) is 19.1 Å². The second-order valence-corrected chi connectivity index (χ2v) is 5.70. The van der Waals surface area contributed by atoms with Crippen molar-refractivity contribution in [2.45, 2.75) is 26.4 Å². The van der Waals surface area contributed by atoms with Crippen molar-refractivity contribution in [3.8, 4) is 5.75 Å². The molecule has 0 heterocycles. The Kier molecular flexibility index (Phi) is 6.82. The fraction of sp³-hybridized carbons (Fsp3) is 0.462. The Bertz CT molecular complexity index is 452. The van der Waals surface area contributed by atoms with Crippen LogP contribution in [0.15, 0.2) is 21.1 Å². The largest absolute Gasteiger partial charge is 0.492 e. The number of carbonyl (C=O) groups excluding carboxylic acids is 1. The minimum atomic E-state index is -0.364. The van der Waals surface area contributed by atoms with Crippen LogP contribution < -0.4 is 10.1 Å². The molecule has 1 rings (SSSR count). The van der Waals surface area contributed by atoms with Crippen LogP contribution in [-0.4, -0.2) is 25.7 Å². The molecule has 0 bridgehead atoms. The van der Waals surface area contributed by atoms with E-state index < -0.39 is 0 Å². The molecule has 0 aliphatic rings. The molecule has 1 atom stereocenters. The summed E-state index contributed by atoms with van der Waals surface area (Å²) in [6.45, 7) is 4.80. The Hall–Kier alpha value is -0.590. The van der Waals surface area contributed by atoms with Gasteiger partial charge in [-0.25, -0.2) is 0 Å². The van der Waals surface area contributed by atoms with Crippen LogP contribution in [0.4, 0.5) is 0 Å². The Labute approximate surface area is 130 Å². The number of benzene rings is 1. The van der Waals surface area contributed by atoms with E-state index in [1.165, 1.54) is 7.11 Å². The summed E-state index contributed by atoms with van der Waals surface area (Å²) in [5.41, 5.74) is 0.971. The van der Waals surface area contributed by atoms with Crippen molar-refractivity contribution in [2.24, 2.45) is 0 Å². The van der Waals surface area contributed by atoms with Gasteiger partial charge in [0.25, 0.3) is 0 Å². The van der Waals surface area contributed by atoms with Gasteiger partial charge in [0.15, 0.2) is 0 Å². The second-order valence-electron chi connectivity index (χ2n) is 3.93. The lowest BCUT2D eigenvalue weighted by atomic mass is 10.2. The van der Waals surface area contributed by atoms with Crippen molar-refractivity contribution in [1.82, 2.24) is 5.32 Å². The van der Waals surface area contributed by atoms with Gasteiger partial charge in [0, 0.05) is 16.6 Å². The summed E-state index contributed by atoms with van der Waals surface area (Å²) in [5, 5.41) is 3.11. The first-order valence-electron chi connectivity index (χ1n) is 5.91. The van der Waals surface area contributed by atoms with Gasteiger partial charge in [-0.1, -0.05) is 15.9 Å². The number of nitrogens with one attached hydrogen (secondary N) is 1. The van der Waals surface area contributed by atoms with Gasteiger partial charge in [0.1, 0.15) is 11.8 Å². The van der Waals surface area contributed by atoms with Crippen molar-refractivity contribution in [3.05, 3.63) is 26.6 Å². The lowest BCUT2D eigenvalue weighted by Gasteiger charge is -2.16. The Morgan fingerprint density at radius 1 is 1.42 bits per heavy atom. The summed E-state index contributed by atoms with van der Waals surface area (Å²) < 4.78 is 12.1. The van der Waals surface area contributed by atoms with Gasteiger partial charge < -0.3 is 14.8 Å². The van der Waals surface area contributed by atoms with E-state index in [4.69, 9.17) is 4.74 Å². The van der Waals surface area contributed by atoms with Gasteiger partial charge in [-0.3, -0.25) is 4.79 Å². The van der Waals surface area contributed by atoms with Crippen molar-refractivity contribution < 1.29 is 14.3 Å². The van der Waals surface area contributed by atoms with E-state index in [0.29, 0.717) is 13.2 Å². The standard InChI is InChI=1S/C13H17Br2NO3/c1-4-19-12-9(5-10(14)6-11(12)15)7-16-8(2)13(17)18-3/h5-6,8,16H,4,7H2,1-3H3/t8-/m0/s1. The Balaban J connectivity index is 2.84. The van der Waals surface area contributed by atoms with Gasteiger partial charge in [0.2, 0.25) is 0 Å². The molecule has 0 saturated heterocycles. The summed E-state index contributed by atoms with van der Waals surface area (Å²) in [5.74, 6) is 0.502. The van der Waals surface area contributed by atoms with Crippen molar-refractivity contribution in [2.75, 3.05) is 13.7 Å². The molecule has 0 fully saturated rings. The first kappa shape index (κ1) is 16.5. The molecule has 6 heteroatoms. The van der Waals surface area contributed by atoms with Crippen LogP contribution in [-0.2, 0) is 16.1 Å². The average Bonchev–Trinajstić information content (AvgIpc) is 2.38. The number of halogens is 2. The zero-order chi connectivity index (χ0) is 14.4. The molecule has 0 unspecified atom stereocenters. The van der Waals surface area contributed by atoms with Crippen LogP contribution >= 0.6 is 31.9 Å². The van der Waals surface area contributed by atoms with E-state index in [0.717, 1.165) is 20.3 Å². The Morgan fingerprint density at radius 3 is 2.68 bits per heavy atom. The predicted molar refractivity (Wildman–Crippen MR) is 81.3 cm³/mol. The van der Waals surface area contributed by atoms with E-state index in [-0.39, 0.29) is 12.0 Å². The maximum Gasteiger partial charge on any atom is 0.322 e. The van der Waals surface area contributed by atoms with E-state index in [1.54, 1.807) is 6.92 Å². The van der Waals surface area contributed by atoms with Gasteiger partial charge in [-0.05, 0) is 41.9 Å². The molecular weight excluding hydrogens is 378 g/mol. The van der Waals surface area contributed by atoms with E-state index in [9.17, 15) is 4.79 Å². The number of carbonyl (C=O) groups is 1. The summed E-state index contributed by atoms with van der Waals surface area (Å²) in [4.78, 5) is 11.3. The number of esters is 1. The van der Waals surface area contributed by atoms with Crippen molar-refractivity contribution in [1.29, 1.82) is 0 Å². The highest BCUT2D eigenvalue weighted by Gasteiger charge is 2.15. The minimum absolute atomic E-state index is 0.285. The highest BCUT2D eigenvalue weighted by molar-refractivity contribution is 9.11. The molecule has 0 amide bonds. The van der Waals surface area contributed by atoms with Crippen LogP contribution in [0.1, 0.15) is 19.4 Å². The monoisotopic (exact) mass is 393 g/mol. The third-order valence-corrected chi connectivity index (χ3v) is 3.57. The molecule has 0 spiro atoms. The van der Waals surface area contributed by atoms with Gasteiger partial charge in [-0.15, -0.1) is 0 Å². The van der Waals surface area contributed by atoms with Crippen LogP contribution in [0.25, 0.3) is 0 Å². The lowest BCUT2D eigenvalue weighted by molar-refractivity contribution is -0.142. The number of rotatable bonds is 6. The number of hydrogen-bond acceptors (Lipinski definition) is 4. The molecule has 106 valence electrons. The fourth-order valence-corrected chi connectivity index (χ4v) is 3.00. The van der Waals surface area contributed by atoms with Gasteiger partial charge in [-0.2, -0.15) is 0 Å². The van der Waals surface area contributed by atoms with Gasteiger partial charge in [0.05, 0.1) is 18.2 Å². The third-order valence-electron chi connectivity index (χ3n) is 2.53. The van der Waals surface area contributed by atoms with E-state index in [2.05, 4.69) is 41.9 Å². The lowest BCUT2D eigenvalue weighted by Crippen LogP contribution is -2.34. The SMILES string of the molecule is CCOc1c(Br)cc(Br)cc1CN[C@@H](C)C(=O)OC. The molecule has 1 N–H and O–H groups in total. The highest BCUT2D eigenvalue weighted by Crippen LogP contribution is 2.33. The topological polar surface area (TPSA) is 47.6 Å². The predicted octanol–water partition coefficient (Wildman–Crippen LogP) is 3.26. The molecule has 0 radical (unpaired) electrons. The van der Waals surface area contributed by atoms with Crippen LogP contribution in [0.2, 0.25) is 0 Å². The summed E-state index contributed by atoms with van der Waals surface area (Å²) in [6, 6.07) is 3.53. The number of hydrogen-bond donors (Lipinski definition) is 1. The van der Waals surface area contributed by atoms with Crippen LogP contribution in [0.3, 0.4) is 0 Å². The summed E-state index contributed by atoms with van der Waals surface area (Å²) in [7, 11) is 1.38. The second kappa shape index (κ2) is 7.87. The maximum absolute atomic E-state index is 11.3. The number of ether oxygens (including phenoxy) is 2. The molecule has 0 aromatic heterocycles. The zero-order valence-corrected chi connectivity index (χ0v) is 14.3. The molecule has 0 aliphatic carbocycles. The smallest absolute Gasteiger partial charge is 0.322 e. The Morgan fingerprint density at radius 2 is 2.11 bits per heavy atom. The van der Waals surface area contributed by atoms with Crippen LogP contribution in [0, 0.1) is 0 Å². The molecule has 0 saturated carbocycles. The normalized spacial score (nSPS) is 12.1. The van der Waals surface area contributed by atoms with Crippen molar-refractivity contribution in [3.63, 3.8) is 0 Å². The van der Waals surface area contributed by atoms with E-state index >= 15 is 0 Å². The molecule has 19 heavy (non-hydrogen) atoms. The maximum atomic E-state index is 11.3. The minimum Gasteiger partial charge on any atom is -0.492 e. The van der Waals surface area contributed by atoms with Crippen molar-refractivity contribution >= 4 is 37.8 Å². The first-order chi connectivity index (χ1) is 8.99. The molecule has 4 nitrogen and oxygen atoms in total. The van der Waals surface area contributed by atoms with Crippen LogP contribution in [0.5, 0.6) is 5.75 Å². The van der Waals surface area contributed by atoms with Gasteiger partial charge >= 0.3 is 5.97 Å². The fourth-order valence-electron chi connectivity index (χ4n) is 1.57.